The van der Waals surface area contributed by atoms with Crippen LogP contribution in [-0.4, -0.2) is 22.8 Å². The lowest BCUT2D eigenvalue weighted by Gasteiger charge is -2.22. The van der Waals surface area contributed by atoms with E-state index in [2.05, 4.69) is 33.2 Å². The molecule has 1 aliphatic heterocycles. The maximum absolute atomic E-state index is 5.65. The number of ether oxygens (including phenoxy) is 2. The van der Waals surface area contributed by atoms with Crippen LogP contribution in [0.1, 0.15) is 24.2 Å². The van der Waals surface area contributed by atoms with Crippen LogP contribution in [0.2, 0.25) is 0 Å². The minimum absolute atomic E-state index is 0.185. The largest absolute Gasteiger partial charge is 0.486 e. The number of benzene rings is 1. The highest BCUT2D eigenvalue weighted by Crippen LogP contribution is 2.37. The Morgan fingerprint density at radius 1 is 1.33 bits per heavy atom. The third-order valence-corrected chi connectivity index (χ3v) is 4.32. The van der Waals surface area contributed by atoms with Crippen molar-refractivity contribution in [2.75, 3.05) is 13.2 Å². The fraction of sp³-hybridized carbons (Fsp3) is 0.400. The van der Waals surface area contributed by atoms with Gasteiger partial charge in [-0.3, -0.25) is 0 Å². The molecule has 0 spiro atoms. The maximum atomic E-state index is 5.65. The number of imidazole rings is 1. The number of halogens is 1. The van der Waals surface area contributed by atoms with Crippen LogP contribution >= 0.6 is 15.9 Å². The lowest BCUT2D eigenvalue weighted by atomic mass is 10.1. The molecule has 1 atom stereocenters. The van der Waals surface area contributed by atoms with Gasteiger partial charge in [-0.15, -0.1) is 0 Å². The van der Waals surface area contributed by atoms with E-state index in [9.17, 15) is 0 Å². The quantitative estimate of drug-likeness (QED) is 0.919. The summed E-state index contributed by atoms with van der Waals surface area (Å²) < 4.78 is 14.3. The highest BCUT2D eigenvalue weighted by molar-refractivity contribution is 9.10. The van der Waals surface area contributed by atoms with Gasteiger partial charge in [0.25, 0.3) is 0 Å². The van der Waals surface area contributed by atoms with Crippen LogP contribution in [0, 0.1) is 0 Å². The Labute approximate surface area is 132 Å². The monoisotopic (exact) mass is 351 g/mol. The van der Waals surface area contributed by atoms with Crippen LogP contribution in [0.3, 0.4) is 0 Å². The van der Waals surface area contributed by atoms with Gasteiger partial charge in [-0.05, 0) is 24.6 Å². The number of rotatable bonds is 4. The molecule has 0 saturated carbocycles. The predicted octanol–water partition coefficient (Wildman–Crippen LogP) is 2.80. The number of aryl methyl sites for hydroxylation is 1. The van der Waals surface area contributed by atoms with Crippen LogP contribution in [0.4, 0.5) is 0 Å². The Bertz CT molecular complexity index is 642. The summed E-state index contributed by atoms with van der Waals surface area (Å²) in [5.74, 6) is 1.62. The van der Waals surface area contributed by atoms with Gasteiger partial charge in [0.05, 0.1) is 12.0 Å². The SMILES string of the molecule is C[C@H](NCc1cncn1C)c1cc2c(cc1Br)OCCO2. The van der Waals surface area contributed by atoms with Crippen molar-refractivity contribution < 1.29 is 9.47 Å². The lowest BCUT2D eigenvalue weighted by Crippen LogP contribution is -2.21. The predicted molar refractivity (Wildman–Crippen MR) is 83.6 cm³/mol. The molecule has 112 valence electrons. The topological polar surface area (TPSA) is 48.3 Å². The Balaban J connectivity index is 1.75. The molecule has 0 fully saturated rings. The molecular formula is C15H18BrN3O2. The summed E-state index contributed by atoms with van der Waals surface area (Å²) in [6.45, 7) is 4.10. The summed E-state index contributed by atoms with van der Waals surface area (Å²) >= 11 is 3.62. The van der Waals surface area contributed by atoms with Crippen molar-refractivity contribution in [1.82, 2.24) is 14.9 Å². The molecule has 1 aromatic carbocycles. The van der Waals surface area contributed by atoms with Crippen molar-refractivity contribution >= 4 is 15.9 Å². The van der Waals surface area contributed by atoms with Gasteiger partial charge in [-0.25, -0.2) is 4.98 Å². The Kier molecular flexibility index (Phi) is 4.17. The van der Waals surface area contributed by atoms with Gasteiger partial charge >= 0.3 is 0 Å². The second-order valence-electron chi connectivity index (χ2n) is 5.12. The zero-order valence-corrected chi connectivity index (χ0v) is 13.7. The molecule has 6 heteroatoms. The Hall–Kier alpha value is -1.53. The third-order valence-electron chi connectivity index (χ3n) is 3.63. The molecule has 0 bridgehead atoms. The number of hydrogen-bond donors (Lipinski definition) is 1. The van der Waals surface area contributed by atoms with E-state index in [-0.39, 0.29) is 6.04 Å². The second kappa shape index (κ2) is 6.07. The van der Waals surface area contributed by atoms with Crippen molar-refractivity contribution in [1.29, 1.82) is 0 Å². The van der Waals surface area contributed by atoms with Crippen LogP contribution in [0.25, 0.3) is 0 Å². The molecular weight excluding hydrogens is 334 g/mol. The summed E-state index contributed by atoms with van der Waals surface area (Å²) in [4.78, 5) is 4.12. The smallest absolute Gasteiger partial charge is 0.162 e. The first-order valence-corrected chi connectivity index (χ1v) is 7.72. The molecule has 0 amide bonds. The fourth-order valence-electron chi connectivity index (χ4n) is 2.33. The minimum Gasteiger partial charge on any atom is -0.486 e. The highest BCUT2D eigenvalue weighted by Gasteiger charge is 2.18. The summed E-state index contributed by atoms with van der Waals surface area (Å²) in [6.07, 6.45) is 3.68. The molecule has 2 heterocycles. The van der Waals surface area contributed by atoms with Gasteiger partial charge < -0.3 is 19.4 Å². The molecule has 1 N–H and O–H groups in total. The van der Waals surface area contributed by atoms with Crippen molar-refractivity contribution in [3.8, 4) is 11.5 Å². The fourth-order valence-corrected chi connectivity index (χ4v) is 3.00. The van der Waals surface area contributed by atoms with E-state index < -0.39 is 0 Å². The molecule has 21 heavy (non-hydrogen) atoms. The number of nitrogens with zero attached hydrogens (tertiary/aromatic N) is 2. The zero-order valence-electron chi connectivity index (χ0n) is 12.1. The van der Waals surface area contributed by atoms with E-state index in [1.807, 2.05) is 36.3 Å². The van der Waals surface area contributed by atoms with Gasteiger partial charge in [0.2, 0.25) is 0 Å². The van der Waals surface area contributed by atoms with Crippen LogP contribution in [0.5, 0.6) is 11.5 Å². The molecule has 1 aliphatic rings. The van der Waals surface area contributed by atoms with Crippen molar-refractivity contribution in [3.63, 3.8) is 0 Å². The Morgan fingerprint density at radius 2 is 2.05 bits per heavy atom. The normalized spacial score (nSPS) is 15.0. The summed E-state index contributed by atoms with van der Waals surface area (Å²) in [5, 5.41) is 3.50. The number of hydrogen-bond acceptors (Lipinski definition) is 4. The van der Waals surface area contributed by atoms with Gasteiger partial charge in [0.15, 0.2) is 11.5 Å². The van der Waals surface area contributed by atoms with E-state index in [4.69, 9.17) is 9.47 Å². The van der Waals surface area contributed by atoms with Crippen molar-refractivity contribution in [2.45, 2.75) is 19.5 Å². The van der Waals surface area contributed by atoms with Crippen molar-refractivity contribution in [2.24, 2.45) is 7.05 Å². The average molecular weight is 352 g/mol. The van der Waals surface area contributed by atoms with Gasteiger partial charge in [0.1, 0.15) is 13.2 Å². The molecule has 1 aromatic heterocycles. The zero-order chi connectivity index (χ0) is 14.8. The molecule has 2 aromatic rings. The summed E-state index contributed by atoms with van der Waals surface area (Å²) in [5.41, 5.74) is 2.30. The number of nitrogens with one attached hydrogen (secondary N) is 1. The van der Waals surface area contributed by atoms with E-state index in [0.717, 1.165) is 33.8 Å². The van der Waals surface area contributed by atoms with E-state index >= 15 is 0 Å². The number of fused-ring (bicyclic) bond motifs is 1. The van der Waals surface area contributed by atoms with Crippen LogP contribution in [-0.2, 0) is 13.6 Å². The standard InChI is InChI=1S/C15H18BrN3O2/c1-10(18-8-11-7-17-9-19(11)2)12-5-14-15(6-13(12)16)21-4-3-20-14/h5-7,9-10,18H,3-4,8H2,1-2H3/t10-/m0/s1. The lowest BCUT2D eigenvalue weighted by molar-refractivity contribution is 0.171. The van der Waals surface area contributed by atoms with Crippen molar-refractivity contribution in [3.05, 3.63) is 40.4 Å². The maximum Gasteiger partial charge on any atom is 0.162 e. The third kappa shape index (κ3) is 3.06. The van der Waals surface area contributed by atoms with E-state index in [0.29, 0.717) is 13.2 Å². The minimum atomic E-state index is 0.185. The first kappa shape index (κ1) is 14.4. The van der Waals surface area contributed by atoms with E-state index in [1.54, 1.807) is 0 Å². The van der Waals surface area contributed by atoms with E-state index in [1.165, 1.54) is 0 Å². The molecule has 5 nitrogen and oxygen atoms in total. The first-order chi connectivity index (χ1) is 10.1. The Morgan fingerprint density at radius 3 is 2.71 bits per heavy atom. The van der Waals surface area contributed by atoms with Crippen LogP contribution < -0.4 is 14.8 Å². The second-order valence-corrected chi connectivity index (χ2v) is 5.97. The molecule has 0 aliphatic carbocycles. The van der Waals surface area contributed by atoms with Gasteiger partial charge in [0, 0.05) is 30.3 Å². The first-order valence-electron chi connectivity index (χ1n) is 6.93. The summed E-state index contributed by atoms with van der Waals surface area (Å²) in [7, 11) is 1.99. The molecule has 0 saturated heterocycles. The molecule has 0 unspecified atom stereocenters. The molecule has 0 radical (unpaired) electrons. The molecule has 3 rings (SSSR count). The highest BCUT2D eigenvalue weighted by atomic mass is 79.9. The van der Waals surface area contributed by atoms with Gasteiger partial charge in [-0.1, -0.05) is 15.9 Å². The number of aromatic nitrogens is 2. The summed E-state index contributed by atoms with van der Waals surface area (Å²) in [6, 6.07) is 4.20. The average Bonchev–Trinajstić information content (AvgIpc) is 2.89. The van der Waals surface area contributed by atoms with Crippen LogP contribution in [0.15, 0.2) is 29.1 Å². The van der Waals surface area contributed by atoms with Gasteiger partial charge in [-0.2, -0.15) is 0 Å².